The molecule has 0 radical (unpaired) electrons. The standard InChI is InChI=1S/C13H26N2.ClH/c1-14-9-6-3-7-13(14)8-12-15-10-4-2-5-11-15;/h13H,2-12H2,1H3;1H. The van der Waals surface area contributed by atoms with Gasteiger partial charge in [-0.25, -0.2) is 0 Å². The molecule has 2 fully saturated rings. The number of likely N-dealkylation sites (tertiary alicyclic amines) is 2. The van der Waals surface area contributed by atoms with Crippen LogP contribution in [0.25, 0.3) is 0 Å². The van der Waals surface area contributed by atoms with Crippen LogP contribution >= 0.6 is 12.4 Å². The van der Waals surface area contributed by atoms with Crippen LogP contribution in [-0.2, 0) is 0 Å². The first-order chi connectivity index (χ1) is 7.36. The second kappa shape index (κ2) is 7.52. The lowest BCUT2D eigenvalue weighted by Gasteiger charge is -2.35. The van der Waals surface area contributed by atoms with Crippen LogP contribution in [0.2, 0.25) is 0 Å². The highest BCUT2D eigenvalue weighted by molar-refractivity contribution is 5.85. The quantitative estimate of drug-likeness (QED) is 0.756. The van der Waals surface area contributed by atoms with Crippen LogP contribution in [0.1, 0.15) is 44.9 Å². The first-order valence-corrected chi connectivity index (χ1v) is 6.79. The minimum Gasteiger partial charge on any atom is -0.303 e. The SMILES string of the molecule is CN1CCCCC1CCN1CCCCC1.Cl. The van der Waals surface area contributed by atoms with Gasteiger partial charge in [-0.1, -0.05) is 12.8 Å². The Morgan fingerprint density at radius 3 is 2.31 bits per heavy atom. The van der Waals surface area contributed by atoms with Gasteiger partial charge in [-0.2, -0.15) is 0 Å². The highest BCUT2D eigenvalue weighted by Crippen LogP contribution is 2.19. The van der Waals surface area contributed by atoms with E-state index in [4.69, 9.17) is 0 Å². The summed E-state index contributed by atoms with van der Waals surface area (Å²) in [5, 5.41) is 0. The Balaban J connectivity index is 0.00000128. The fourth-order valence-corrected chi connectivity index (χ4v) is 3.02. The van der Waals surface area contributed by atoms with Crippen LogP contribution in [0, 0.1) is 0 Å². The third kappa shape index (κ3) is 4.23. The van der Waals surface area contributed by atoms with Crippen LogP contribution in [0.4, 0.5) is 0 Å². The maximum absolute atomic E-state index is 2.67. The summed E-state index contributed by atoms with van der Waals surface area (Å²) in [4.78, 5) is 5.25. The van der Waals surface area contributed by atoms with E-state index < -0.39 is 0 Å². The van der Waals surface area contributed by atoms with E-state index in [1.165, 1.54) is 71.1 Å². The minimum absolute atomic E-state index is 0. The molecule has 2 aliphatic heterocycles. The summed E-state index contributed by atoms with van der Waals surface area (Å²) in [6, 6.07) is 0.876. The molecular formula is C13H27ClN2. The lowest BCUT2D eigenvalue weighted by atomic mass is 9.99. The smallest absolute Gasteiger partial charge is 0.0104 e. The molecule has 0 aliphatic carbocycles. The molecule has 0 aromatic rings. The largest absolute Gasteiger partial charge is 0.303 e. The Kier molecular flexibility index (Phi) is 6.71. The van der Waals surface area contributed by atoms with Crippen molar-refractivity contribution in [3.63, 3.8) is 0 Å². The molecule has 96 valence electrons. The summed E-state index contributed by atoms with van der Waals surface area (Å²) in [7, 11) is 2.31. The molecule has 0 aromatic carbocycles. The Bertz CT molecular complexity index is 181. The summed E-state index contributed by atoms with van der Waals surface area (Å²) in [6.07, 6.45) is 10.0. The maximum Gasteiger partial charge on any atom is 0.0104 e. The highest BCUT2D eigenvalue weighted by atomic mass is 35.5. The second-order valence-corrected chi connectivity index (χ2v) is 5.32. The van der Waals surface area contributed by atoms with Gasteiger partial charge in [0, 0.05) is 6.04 Å². The van der Waals surface area contributed by atoms with Crippen molar-refractivity contribution in [2.45, 2.75) is 51.0 Å². The van der Waals surface area contributed by atoms with Crippen molar-refractivity contribution in [2.24, 2.45) is 0 Å². The van der Waals surface area contributed by atoms with E-state index in [0.717, 1.165) is 6.04 Å². The van der Waals surface area contributed by atoms with Gasteiger partial charge in [0.25, 0.3) is 0 Å². The maximum atomic E-state index is 2.67. The fraction of sp³-hybridized carbons (Fsp3) is 1.00. The highest BCUT2D eigenvalue weighted by Gasteiger charge is 2.19. The number of rotatable bonds is 3. The third-order valence-corrected chi connectivity index (χ3v) is 4.15. The zero-order chi connectivity index (χ0) is 10.5. The van der Waals surface area contributed by atoms with Gasteiger partial charge in [0.15, 0.2) is 0 Å². The van der Waals surface area contributed by atoms with E-state index in [9.17, 15) is 0 Å². The Morgan fingerprint density at radius 1 is 0.938 bits per heavy atom. The number of hydrogen-bond acceptors (Lipinski definition) is 2. The zero-order valence-corrected chi connectivity index (χ0v) is 11.5. The molecule has 16 heavy (non-hydrogen) atoms. The molecule has 3 heteroatoms. The fourth-order valence-electron chi connectivity index (χ4n) is 3.02. The van der Waals surface area contributed by atoms with Crippen molar-refractivity contribution in [1.29, 1.82) is 0 Å². The van der Waals surface area contributed by atoms with Crippen molar-refractivity contribution in [1.82, 2.24) is 9.80 Å². The van der Waals surface area contributed by atoms with Gasteiger partial charge in [0.05, 0.1) is 0 Å². The molecule has 0 spiro atoms. The van der Waals surface area contributed by atoms with Gasteiger partial charge >= 0.3 is 0 Å². The van der Waals surface area contributed by atoms with Crippen LogP contribution < -0.4 is 0 Å². The van der Waals surface area contributed by atoms with Crippen LogP contribution in [0.3, 0.4) is 0 Å². The van der Waals surface area contributed by atoms with Gasteiger partial charge in [-0.3, -0.25) is 0 Å². The average molecular weight is 247 g/mol. The Hall–Kier alpha value is 0.210. The van der Waals surface area contributed by atoms with Crippen molar-refractivity contribution in [2.75, 3.05) is 33.2 Å². The molecule has 2 heterocycles. The molecule has 0 saturated carbocycles. The summed E-state index contributed by atoms with van der Waals surface area (Å²) >= 11 is 0. The third-order valence-electron chi connectivity index (χ3n) is 4.15. The number of hydrogen-bond donors (Lipinski definition) is 0. The van der Waals surface area contributed by atoms with E-state index in [-0.39, 0.29) is 12.4 Å². The first-order valence-electron chi connectivity index (χ1n) is 6.79. The van der Waals surface area contributed by atoms with E-state index in [0.29, 0.717) is 0 Å². The summed E-state index contributed by atoms with van der Waals surface area (Å²) in [5.41, 5.74) is 0. The van der Waals surface area contributed by atoms with Gasteiger partial charge in [0.2, 0.25) is 0 Å². The number of piperidine rings is 2. The molecule has 2 saturated heterocycles. The van der Waals surface area contributed by atoms with Crippen molar-refractivity contribution >= 4 is 12.4 Å². The predicted molar refractivity (Wildman–Crippen MR) is 72.4 cm³/mol. The van der Waals surface area contributed by atoms with Crippen LogP contribution in [0.15, 0.2) is 0 Å². The van der Waals surface area contributed by atoms with Gasteiger partial charge in [-0.15, -0.1) is 12.4 Å². The Labute approximate surface area is 107 Å². The van der Waals surface area contributed by atoms with Crippen molar-refractivity contribution in [3.05, 3.63) is 0 Å². The molecule has 1 atom stereocenters. The lowest BCUT2D eigenvalue weighted by molar-refractivity contribution is 0.145. The summed E-state index contributed by atoms with van der Waals surface area (Å²) in [6.45, 7) is 5.38. The van der Waals surface area contributed by atoms with E-state index in [2.05, 4.69) is 16.8 Å². The van der Waals surface area contributed by atoms with Gasteiger partial charge in [0.1, 0.15) is 0 Å². The predicted octanol–water partition coefficient (Wildman–Crippen LogP) is 2.77. The summed E-state index contributed by atoms with van der Waals surface area (Å²) < 4.78 is 0. The van der Waals surface area contributed by atoms with Gasteiger partial charge < -0.3 is 9.80 Å². The zero-order valence-electron chi connectivity index (χ0n) is 10.7. The van der Waals surface area contributed by atoms with Crippen LogP contribution in [-0.4, -0.2) is 49.1 Å². The van der Waals surface area contributed by atoms with E-state index >= 15 is 0 Å². The van der Waals surface area contributed by atoms with E-state index in [1.807, 2.05) is 0 Å². The van der Waals surface area contributed by atoms with Gasteiger partial charge in [-0.05, 0) is 65.3 Å². The lowest BCUT2D eigenvalue weighted by Crippen LogP contribution is -2.40. The molecule has 0 N–H and O–H groups in total. The second-order valence-electron chi connectivity index (χ2n) is 5.32. The first kappa shape index (κ1) is 14.3. The molecule has 1 unspecified atom stereocenters. The topological polar surface area (TPSA) is 6.48 Å². The monoisotopic (exact) mass is 246 g/mol. The number of halogens is 1. The molecule has 2 nitrogen and oxygen atoms in total. The molecule has 0 amide bonds. The number of nitrogens with zero attached hydrogens (tertiary/aromatic N) is 2. The molecular weight excluding hydrogens is 220 g/mol. The van der Waals surface area contributed by atoms with Crippen LogP contribution in [0.5, 0.6) is 0 Å². The molecule has 2 rings (SSSR count). The van der Waals surface area contributed by atoms with Crippen molar-refractivity contribution < 1.29 is 0 Å². The summed E-state index contributed by atoms with van der Waals surface area (Å²) in [5.74, 6) is 0. The normalized spacial score (nSPS) is 28.7. The Morgan fingerprint density at radius 2 is 1.62 bits per heavy atom. The molecule has 2 aliphatic rings. The molecule has 0 aromatic heterocycles. The van der Waals surface area contributed by atoms with Crippen molar-refractivity contribution in [3.8, 4) is 0 Å². The average Bonchev–Trinajstić information content (AvgIpc) is 2.29. The molecule has 0 bridgehead atoms. The minimum atomic E-state index is 0. The van der Waals surface area contributed by atoms with E-state index in [1.54, 1.807) is 0 Å².